The number of likely N-dealkylation sites (tertiary alicyclic amines) is 1. The number of carbonyl (C=O) groups excluding carboxylic acids is 1. The Morgan fingerprint density at radius 3 is 2.67 bits per heavy atom. The standard InChI is InChI=1S/C24H28N8O/c1-31(22-19-6-11-26-21(19)28-16-29-22)18-4-7-24(8-5-18)9-12-32(13-10-24)23(33)30-20-3-2-17(14-25)15-27-20/h2-3,6,11,15-16,18H,4-5,7-10,12-13H2,1H3,(H,26,28,29)(H,27,30,33). The zero-order chi connectivity index (χ0) is 22.8. The van der Waals surface area contributed by atoms with Crippen molar-refractivity contribution < 1.29 is 4.79 Å². The second-order valence-corrected chi connectivity index (χ2v) is 9.24. The van der Waals surface area contributed by atoms with Crippen LogP contribution in [0.1, 0.15) is 44.1 Å². The van der Waals surface area contributed by atoms with Crippen molar-refractivity contribution in [2.24, 2.45) is 5.41 Å². The predicted octanol–water partition coefficient (Wildman–Crippen LogP) is 3.92. The van der Waals surface area contributed by atoms with Crippen molar-refractivity contribution in [2.45, 2.75) is 44.6 Å². The van der Waals surface area contributed by atoms with Crippen molar-refractivity contribution in [3.63, 3.8) is 0 Å². The number of rotatable bonds is 3. The van der Waals surface area contributed by atoms with Gasteiger partial charge in [0.05, 0.1) is 10.9 Å². The molecule has 1 saturated carbocycles. The van der Waals surface area contributed by atoms with Crippen LogP contribution in [-0.2, 0) is 0 Å². The second-order valence-electron chi connectivity index (χ2n) is 9.24. The monoisotopic (exact) mass is 444 g/mol. The number of fused-ring (bicyclic) bond motifs is 1. The van der Waals surface area contributed by atoms with Gasteiger partial charge in [0, 0.05) is 38.6 Å². The van der Waals surface area contributed by atoms with Gasteiger partial charge >= 0.3 is 6.03 Å². The van der Waals surface area contributed by atoms with Crippen LogP contribution in [0.15, 0.2) is 36.9 Å². The molecule has 2 amide bonds. The first-order valence-electron chi connectivity index (χ1n) is 11.5. The number of aromatic nitrogens is 4. The fraction of sp³-hybridized carbons (Fsp3) is 0.458. The van der Waals surface area contributed by atoms with Crippen LogP contribution in [-0.4, -0.2) is 57.0 Å². The van der Waals surface area contributed by atoms with E-state index < -0.39 is 0 Å². The molecule has 1 spiro atoms. The summed E-state index contributed by atoms with van der Waals surface area (Å²) in [6.07, 6.45) is 11.7. The van der Waals surface area contributed by atoms with Gasteiger partial charge in [-0.25, -0.2) is 19.7 Å². The molecule has 1 saturated heterocycles. The molecule has 1 aliphatic heterocycles. The average molecular weight is 445 g/mol. The zero-order valence-electron chi connectivity index (χ0n) is 18.8. The van der Waals surface area contributed by atoms with Gasteiger partial charge in [-0.1, -0.05) is 0 Å². The zero-order valence-corrected chi connectivity index (χ0v) is 18.8. The van der Waals surface area contributed by atoms with Crippen molar-refractivity contribution in [2.75, 3.05) is 30.4 Å². The fourth-order valence-corrected chi connectivity index (χ4v) is 5.32. The smallest absolute Gasteiger partial charge is 0.323 e. The van der Waals surface area contributed by atoms with Gasteiger partial charge in [0.2, 0.25) is 0 Å². The maximum Gasteiger partial charge on any atom is 0.323 e. The summed E-state index contributed by atoms with van der Waals surface area (Å²) in [6.45, 7) is 1.52. The summed E-state index contributed by atoms with van der Waals surface area (Å²) in [5.74, 6) is 1.47. The summed E-state index contributed by atoms with van der Waals surface area (Å²) in [5.41, 5.74) is 1.68. The third-order valence-corrected chi connectivity index (χ3v) is 7.47. The number of amides is 2. The molecular weight excluding hydrogens is 416 g/mol. The highest BCUT2D eigenvalue weighted by molar-refractivity contribution is 5.88. The first kappa shape index (κ1) is 21.2. The Hall–Kier alpha value is -3.67. The van der Waals surface area contributed by atoms with Gasteiger partial charge in [-0.2, -0.15) is 5.26 Å². The molecule has 9 heteroatoms. The van der Waals surface area contributed by atoms with E-state index in [0.29, 0.717) is 22.8 Å². The first-order chi connectivity index (χ1) is 16.1. The molecule has 4 heterocycles. The van der Waals surface area contributed by atoms with Crippen LogP contribution in [0.5, 0.6) is 0 Å². The molecule has 170 valence electrons. The Balaban J connectivity index is 1.15. The summed E-state index contributed by atoms with van der Waals surface area (Å²) in [7, 11) is 2.14. The molecule has 0 aromatic carbocycles. The summed E-state index contributed by atoms with van der Waals surface area (Å²) < 4.78 is 0. The summed E-state index contributed by atoms with van der Waals surface area (Å²) in [6, 6.07) is 7.75. The minimum Gasteiger partial charge on any atom is -0.356 e. The lowest BCUT2D eigenvalue weighted by atomic mass is 9.67. The van der Waals surface area contributed by atoms with Gasteiger partial charge in [0.15, 0.2) is 0 Å². The molecule has 2 aliphatic rings. The van der Waals surface area contributed by atoms with Crippen LogP contribution in [0.3, 0.4) is 0 Å². The quantitative estimate of drug-likeness (QED) is 0.633. The van der Waals surface area contributed by atoms with E-state index >= 15 is 0 Å². The van der Waals surface area contributed by atoms with Crippen LogP contribution in [0.2, 0.25) is 0 Å². The largest absolute Gasteiger partial charge is 0.356 e. The van der Waals surface area contributed by atoms with Crippen LogP contribution in [0.25, 0.3) is 11.0 Å². The Morgan fingerprint density at radius 1 is 1.18 bits per heavy atom. The van der Waals surface area contributed by atoms with E-state index in [1.165, 1.54) is 19.0 Å². The van der Waals surface area contributed by atoms with Crippen molar-refractivity contribution in [1.82, 2.24) is 24.8 Å². The molecule has 0 atom stereocenters. The van der Waals surface area contributed by atoms with E-state index in [0.717, 1.165) is 55.6 Å². The highest BCUT2D eigenvalue weighted by Crippen LogP contribution is 2.46. The number of anilines is 2. The Kier molecular flexibility index (Phi) is 5.58. The number of nitrogens with zero attached hydrogens (tertiary/aromatic N) is 6. The van der Waals surface area contributed by atoms with Gasteiger partial charge < -0.3 is 14.8 Å². The van der Waals surface area contributed by atoms with Gasteiger partial charge in [0.1, 0.15) is 29.7 Å². The molecule has 2 fully saturated rings. The lowest BCUT2D eigenvalue weighted by Gasteiger charge is -2.47. The molecule has 9 nitrogen and oxygen atoms in total. The predicted molar refractivity (Wildman–Crippen MR) is 126 cm³/mol. The highest BCUT2D eigenvalue weighted by atomic mass is 16.2. The maximum atomic E-state index is 12.7. The number of urea groups is 1. The molecule has 0 bridgehead atoms. The number of hydrogen-bond acceptors (Lipinski definition) is 6. The summed E-state index contributed by atoms with van der Waals surface area (Å²) in [4.78, 5) is 33.0. The first-order valence-corrected chi connectivity index (χ1v) is 11.5. The Morgan fingerprint density at radius 2 is 1.97 bits per heavy atom. The average Bonchev–Trinajstić information content (AvgIpc) is 3.34. The Bertz CT molecular complexity index is 1160. The van der Waals surface area contributed by atoms with Gasteiger partial charge in [-0.05, 0) is 62.1 Å². The molecule has 3 aromatic rings. The Labute approximate surface area is 192 Å². The van der Waals surface area contributed by atoms with Crippen molar-refractivity contribution in [3.05, 3.63) is 42.5 Å². The van der Waals surface area contributed by atoms with E-state index in [9.17, 15) is 4.79 Å². The molecule has 0 unspecified atom stereocenters. The topological polar surface area (TPSA) is 114 Å². The summed E-state index contributed by atoms with van der Waals surface area (Å²) in [5, 5.41) is 12.8. The van der Waals surface area contributed by atoms with E-state index in [-0.39, 0.29) is 6.03 Å². The molecule has 33 heavy (non-hydrogen) atoms. The van der Waals surface area contributed by atoms with Crippen LogP contribution in [0.4, 0.5) is 16.4 Å². The molecule has 5 rings (SSSR count). The van der Waals surface area contributed by atoms with Crippen molar-refractivity contribution >= 4 is 28.7 Å². The minimum absolute atomic E-state index is 0.116. The van der Waals surface area contributed by atoms with Crippen LogP contribution < -0.4 is 10.2 Å². The number of piperidine rings is 1. The molecule has 0 radical (unpaired) electrons. The minimum atomic E-state index is -0.116. The molecule has 1 aliphatic carbocycles. The van der Waals surface area contributed by atoms with Gasteiger partial charge in [-0.3, -0.25) is 5.32 Å². The second kappa shape index (κ2) is 8.70. The molecule has 3 aromatic heterocycles. The highest BCUT2D eigenvalue weighted by Gasteiger charge is 2.40. The molecular formula is C24H28N8O. The SMILES string of the molecule is CN(c1ncnc2[nH]ccc12)C1CCC2(CC1)CCN(C(=O)Nc1ccc(C#N)cn1)CC2. The van der Waals surface area contributed by atoms with Crippen LogP contribution in [0, 0.1) is 16.7 Å². The number of carbonyl (C=O) groups is 1. The number of nitrogens with one attached hydrogen (secondary N) is 2. The fourth-order valence-electron chi connectivity index (χ4n) is 5.32. The van der Waals surface area contributed by atoms with Gasteiger partial charge in [-0.15, -0.1) is 0 Å². The molecule has 2 N–H and O–H groups in total. The number of hydrogen-bond donors (Lipinski definition) is 2. The van der Waals surface area contributed by atoms with Crippen LogP contribution >= 0.6 is 0 Å². The van der Waals surface area contributed by atoms with E-state index in [1.54, 1.807) is 18.5 Å². The lowest BCUT2D eigenvalue weighted by molar-refractivity contribution is 0.0786. The van der Waals surface area contributed by atoms with Crippen molar-refractivity contribution in [3.8, 4) is 6.07 Å². The number of aromatic amines is 1. The van der Waals surface area contributed by atoms with Crippen molar-refractivity contribution in [1.29, 1.82) is 5.26 Å². The van der Waals surface area contributed by atoms with E-state index in [1.807, 2.05) is 23.2 Å². The maximum absolute atomic E-state index is 12.7. The number of nitriles is 1. The number of pyridine rings is 1. The summed E-state index contributed by atoms with van der Waals surface area (Å²) >= 11 is 0. The van der Waals surface area contributed by atoms with E-state index in [2.05, 4.69) is 37.2 Å². The number of H-pyrrole nitrogens is 1. The third-order valence-electron chi connectivity index (χ3n) is 7.47. The van der Waals surface area contributed by atoms with E-state index in [4.69, 9.17) is 5.26 Å². The third kappa shape index (κ3) is 4.21. The lowest BCUT2D eigenvalue weighted by Crippen LogP contribution is -2.48. The van der Waals surface area contributed by atoms with Gasteiger partial charge in [0.25, 0.3) is 0 Å². The normalized spacial score (nSPS) is 18.2.